The third kappa shape index (κ3) is 5.54. The molecular formula is C16H18ClN3O2. The van der Waals surface area contributed by atoms with Crippen molar-refractivity contribution in [1.29, 1.82) is 0 Å². The molecule has 2 rings (SSSR count). The monoisotopic (exact) mass is 319 g/mol. The van der Waals surface area contributed by atoms with Crippen LogP contribution in [0.2, 0.25) is 0 Å². The Balaban J connectivity index is 0.00000242. The van der Waals surface area contributed by atoms with E-state index in [1.165, 1.54) is 0 Å². The van der Waals surface area contributed by atoms with Gasteiger partial charge in [-0.2, -0.15) is 9.67 Å². The Morgan fingerprint density at radius 1 is 1.36 bits per heavy atom. The molecule has 1 N–H and O–H groups in total. The summed E-state index contributed by atoms with van der Waals surface area (Å²) in [5.41, 5.74) is 4.24. The molecule has 0 radical (unpaired) electrons. The molecule has 2 aromatic heterocycles. The predicted octanol–water partition coefficient (Wildman–Crippen LogP) is -0.915. The van der Waals surface area contributed by atoms with E-state index in [4.69, 9.17) is 4.42 Å². The van der Waals surface area contributed by atoms with E-state index in [1.54, 1.807) is 25.3 Å². The first-order chi connectivity index (χ1) is 10.1. The minimum Gasteiger partial charge on any atom is -1.00 e. The molecule has 0 unspecified atom stereocenters. The number of hydrogen-bond donors (Lipinski definition) is 1. The van der Waals surface area contributed by atoms with Crippen LogP contribution in [0, 0.1) is 6.92 Å². The quantitative estimate of drug-likeness (QED) is 0.440. The van der Waals surface area contributed by atoms with Crippen molar-refractivity contribution in [3.05, 3.63) is 60.3 Å². The maximum atomic E-state index is 11.8. The Labute approximate surface area is 135 Å². The van der Waals surface area contributed by atoms with E-state index in [0.29, 0.717) is 5.71 Å². The van der Waals surface area contributed by atoms with Crippen molar-refractivity contribution in [3.8, 4) is 0 Å². The van der Waals surface area contributed by atoms with E-state index in [0.717, 1.165) is 11.5 Å². The number of furan rings is 1. The fourth-order valence-corrected chi connectivity index (χ4v) is 1.71. The van der Waals surface area contributed by atoms with E-state index in [2.05, 4.69) is 10.5 Å². The van der Waals surface area contributed by atoms with E-state index in [9.17, 15) is 4.79 Å². The van der Waals surface area contributed by atoms with Gasteiger partial charge in [-0.15, -0.1) is 0 Å². The number of rotatable bonds is 5. The summed E-state index contributed by atoms with van der Waals surface area (Å²) < 4.78 is 7.03. The topological polar surface area (TPSA) is 58.5 Å². The van der Waals surface area contributed by atoms with Crippen molar-refractivity contribution in [3.63, 3.8) is 0 Å². The van der Waals surface area contributed by atoms with Crippen LogP contribution in [0.1, 0.15) is 18.4 Å². The summed E-state index contributed by atoms with van der Waals surface area (Å²) in [4.78, 5) is 11.8. The average molecular weight is 320 g/mol. The van der Waals surface area contributed by atoms with Crippen LogP contribution in [0.25, 0.3) is 6.08 Å². The second-order valence-corrected chi connectivity index (χ2v) is 4.61. The number of hydrogen-bond acceptors (Lipinski definition) is 3. The minimum atomic E-state index is -0.167. The molecule has 0 fully saturated rings. The molecule has 6 heteroatoms. The fourth-order valence-electron chi connectivity index (χ4n) is 1.71. The van der Waals surface area contributed by atoms with Gasteiger partial charge in [0, 0.05) is 19.1 Å². The van der Waals surface area contributed by atoms with Crippen LogP contribution in [0.15, 0.2) is 58.4 Å². The Hall–Kier alpha value is -2.40. The Kier molecular flexibility index (Phi) is 7.05. The number of aryl methyl sites for hydroxylation is 1. The SMILES string of the molecule is CC(C=Cc1ccco1)=NNC(=O)C[n+]1ccccc1C.[Cl-]. The van der Waals surface area contributed by atoms with Gasteiger partial charge in [-0.25, -0.2) is 5.43 Å². The van der Waals surface area contributed by atoms with Crippen LogP contribution in [0.4, 0.5) is 0 Å². The maximum Gasteiger partial charge on any atom is 0.305 e. The van der Waals surface area contributed by atoms with Crippen molar-refractivity contribution in [2.24, 2.45) is 5.10 Å². The zero-order valence-electron chi connectivity index (χ0n) is 12.5. The molecule has 5 nitrogen and oxygen atoms in total. The predicted molar refractivity (Wildman–Crippen MR) is 80.4 cm³/mol. The Morgan fingerprint density at radius 2 is 2.18 bits per heavy atom. The van der Waals surface area contributed by atoms with Gasteiger partial charge < -0.3 is 16.8 Å². The third-order valence-corrected chi connectivity index (χ3v) is 2.87. The summed E-state index contributed by atoms with van der Waals surface area (Å²) in [6.07, 6.45) is 7.04. The molecule has 116 valence electrons. The lowest BCUT2D eigenvalue weighted by molar-refractivity contribution is -0.690. The first kappa shape index (κ1) is 17.7. The van der Waals surface area contributed by atoms with Crippen LogP contribution < -0.4 is 22.4 Å². The van der Waals surface area contributed by atoms with Gasteiger partial charge in [0.15, 0.2) is 11.9 Å². The summed E-state index contributed by atoms with van der Waals surface area (Å²) in [7, 11) is 0. The van der Waals surface area contributed by atoms with Gasteiger partial charge in [0.05, 0.1) is 12.0 Å². The van der Waals surface area contributed by atoms with Crippen LogP contribution in [-0.2, 0) is 11.3 Å². The van der Waals surface area contributed by atoms with Gasteiger partial charge in [0.25, 0.3) is 0 Å². The molecule has 0 spiro atoms. The largest absolute Gasteiger partial charge is 1.00 e. The number of amides is 1. The van der Waals surface area contributed by atoms with E-state index in [-0.39, 0.29) is 24.9 Å². The van der Waals surface area contributed by atoms with Crippen LogP contribution >= 0.6 is 0 Å². The molecule has 0 bridgehead atoms. The summed E-state index contributed by atoms with van der Waals surface area (Å²) in [5, 5.41) is 4.02. The molecule has 0 atom stereocenters. The molecule has 22 heavy (non-hydrogen) atoms. The van der Waals surface area contributed by atoms with Crippen molar-refractivity contribution in [1.82, 2.24) is 5.43 Å². The number of hydrazone groups is 1. The second kappa shape index (κ2) is 8.79. The number of nitrogens with one attached hydrogen (secondary N) is 1. The highest BCUT2D eigenvalue weighted by molar-refractivity contribution is 5.96. The summed E-state index contributed by atoms with van der Waals surface area (Å²) in [6, 6.07) is 9.44. The molecule has 0 aromatic carbocycles. The zero-order valence-corrected chi connectivity index (χ0v) is 13.2. The van der Waals surface area contributed by atoms with Crippen molar-refractivity contribution >= 4 is 17.7 Å². The number of aromatic nitrogens is 1. The van der Waals surface area contributed by atoms with Gasteiger partial charge in [0.2, 0.25) is 6.54 Å². The lowest BCUT2D eigenvalue weighted by atomic mass is 10.3. The first-order valence-corrected chi connectivity index (χ1v) is 6.65. The number of pyridine rings is 1. The standard InChI is InChI=1S/C16H17N3O2.ClH/c1-13(8-9-15-7-5-11-21-15)17-18-16(20)12-19-10-4-3-6-14(19)2;/h3-11H,12H2,1-2H3;1H. The number of halogens is 1. The Bertz CT molecular complexity index is 664. The van der Waals surface area contributed by atoms with Gasteiger partial charge in [-0.05, 0) is 31.2 Å². The smallest absolute Gasteiger partial charge is 0.305 e. The van der Waals surface area contributed by atoms with Crippen LogP contribution in [0.5, 0.6) is 0 Å². The highest BCUT2D eigenvalue weighted by atomic mass is 35.5. The highest BCUT2D eigenvalue weighted by Crippen LogP contribution is 2.02. The van der Waals surface area contributed by atoms with Crippen molar-refractivity contribution in [2.75, 3.05) is 0 Å². The second-order valence-electron chi connectivity index (χ2n) is 4.61. The van der Waals surface area contributed by atoms with Crippen LogP contribution in [-0.4, -0.2) is 11.6 Å². The normalized spacial score (nSPS) is 11.3. The molecule has 0 aliphatic carbocycles. The van der Waals surface area contributed by atoms with Crippen molar-refractivity contribution in [2.45, 2.75) is 20.4 Å². The first-order valence-electron chi connectivity index (χ1n) is 6.65. The van der Waals surface area contributed by atoms with Crippen molar-refractivity contribution < 1.29 is 26.2 Å². The van der Waals surface area contributed by atoms with E-state index >= 15 is 0 Å². The van der Waals surface area contributed by atoms with Crippen LogP contribution in [0.3, 0.4) is 0 Å². The summed E-state index contributed by atoms with van der Waals surface area (Å²) >= 11 is 0. The zero-order chi connectivity index (χ0) is 15.1. The highest BCUT2D eigenvalue weighted by Gasteiger charge is 2.10. The molecule has 2 heterocycles. The summed E-state index contributed by atoms with van der Waals surface area (Å²) in [6.45, 7) is 4.00. The fraction of sp³-hybridized carbons (Fsp3) is 0.188. The van der Waals surface area contributed by atoms with Gasteiger partial charge in [0.1, 0.15) is 5.76 Å². The third-order valence-electron chi connectivity index (χ3n) is 2.87. The van der Waals surface area contributed by atoms with Gasteiger partial charge >= 0.3 is 5.91 Å². The average Bonchev–Trinajstić information content (AvgIpc) is 2.99. The minimum absolute atomic E-state index is 0. The number of allylic oxidation sites excluding steroid dienone is 1. The Morgan fingerprint density at radius 3 is 2.86 bits per heavy atom. The maximum absolute atomic E-state index is 11.8. The molecule has 1 amide bonds. The molecule has 0 saturated carbocycles. The number of carbonyl (C=O) groups excluding carboxylic acids is 1. The molecule has 0 saturated heterocycles. The number of nitrogens with zero attached hydrogens (tertiary/aromatic N) is 2. The molecule has 0 aliphatic heterocycles. The molecular weight excluding hydrogens is 302 g/mol. The summed E-state index contributed by atoms with van der Waals surface area (Å²) in [5.74, 6) is 0.575. The van der Waals surface area contributed by atoms with E-state index in [1.807, 2.05) is 48.0 Å². The van der Waals surface area contributed by atoms with Gasteiger partial charge in [-0.1, -0.05) is 6.07 Å². The lowest BCUT2D eigenvalue weighted by Crippen LogP contribution is -3.00. The molecule has 0 aliphatic rings. The molecule has 2 aromatic rings. The van der Waals surface area contributed by atoms with E-state index < -0.39 is 0 Å². The lowest BCUT2D eigenvalue weighted by Gasteiger charge is -2.00. The van der Waals surface area contributed by atoms with Gasteiger partial charge in [-0.3, -0.25) is 4.79 Å². The number of carbonyl (C=O) groups is 1.